The molecule has 14 heteroatoms. The topological polar surface area (TPSA) is 229 Å². The van der Waals surface area contributed by atoms with Crippen LogP contribution in [0.5, 0.6) is 11.5 Å². The molecule has 0 bridgehead atoms. The number of aliphatic hydroxyl groups excluding tert-OH is 7. The predicted octanol–water partition coefficient (Wildman–Crippen LogP) is -2.04. The molecule has 1 aromatic heterocycles. The first-order chi connectivity index (χ1) is 19.0. The Hall–Kier alpha value is -2.89. The van der Waals surface area contributed by atoms with E-state index in [1.54, 1.807) is 31.2 Å². The van der Waals surface area contributed by atoms with Crippen LogP contribution >= 0.6 is 0 Å². The molecule has 10 atom stereocenters. The first-order valence-electron chi connectivity index (χ1n) is 12.5. The highest BCUT2D eigenvalue weighted by Gasteiger charge is 2.48. The molecule has 218 valence electrons. The smallest absolute Gasteiger partial charge is 0.347 e. The molecular formula is C26H30O14. The Labute approximate surface area is 225 Å². The molecule has 14 nitrogen and oxygen atoms in total. The van der Waals surface area contributed by atoms with Gasteiger partial charge in [0.1, 0.15) is 71.5 Å². The number of aromatic hydroxyl groups is 1. The molecule has 2 saturated heterocycles. The van der Waals surface area contributed by atoms with Crippen molar-refractivity contribution in [2.45, 2.75) is 68.3 Å². The number of rotatable bonds is 6. The van der Waals surface area contributed by atoms with E-state index in [0.29, 0.717) is 16.5 Å². The van der Waals surface area contributed by atoms with Crippen molar-refractivity contribution in [1.29, 1.82) is 0 Å². The summed E-state index contributed by atoms with van der Waals surface area (Å²) in [5.41, 5.74) is -0.762. The fourth-order valence-corrected chi connectivity index (χ4v) is 4.97. The maximum absolute atomic E-state index is 12.5. The van der Waals surface area contributed by atoms with Crippen LogP contribution in [0.2, 0.25) is 0 Å². The molecule has 0 radical (unpaired) electrons. The molecule has 40 heavy (non-hydrogen) atoms. The Bertz CT molecular complexity index is 1420. The fourth-order valence-electron chi connectivity index (χ4n) is 4.97. The van der Waals surface area contributed by atoms with Crippen LogP contribution in [0.3, 0.4) is 0 Å². The SMILES string of the molecule is Cc1cc2cc3cccc(OC4OC(COC5OC(CO)C(O)C(O)C5O)C(O)C(O)C4O)c3c(O)c2c(=O)o1. The zero-order valence-electron chi connectivity index (χ0n) is 21.1. The van der Waals surface area contributed by atoms with Crippen LogP contribution < -0.4 is 10.4 Å². The van der Waals surface area contributed by atoms with Gasteiger partial charge in [-0.2, -0.15) is 0 Å². The lowest BCUT2D eigenvalue weighted by molar-refractivity contribution is -0.323. The van der Waals surface area contributed by atoms with Crippen LogP contribution in [0.1, 0.15) is 5.76 Å². The van der Waals surface area contributed by atoms with Crippen molar-refractivity contribution in [2.75, 3.05) is 13.2 Å². The summed E-state index contributed by atoms with van der Waals surface area (Å²) in [6.07, 6.45) is -15.9. The molecule has 2 aromatic carbocycles. The molecule has 2 fully saturated rings. The van der Waals surface area contributed by atoms with Crippen molar-refractivity contribution in [1.82, 2.24) is 0 Å². The number of hydrogen-bond donors (Lipinski definition) is 8. The second-order valence-electron chi connectivity index (χ2n) is 9.85. The predicted molar refractivity (Wildman–Crippen MR) is 133 cm³/mol. The van der Waals surface area contributed by atoms with Crippen molar-refractivity contribution >= 4 is 21.5 Å². The van der Waals surface area contributed by atoms with Crippen LogP contribution in [0.4, 0.5) is 0 Å². The number of benzene rings is 2. The van der Waals surface area contributed by atoms with Gasteiger partial charge in [0.2, 0.25) is 6.29 Å². The minimum Gasteiger partial charge on any atom is -0.506 e. The van der Waals surface area contributed by atoms with Gasteiger partial charge >= 0.3 is 5.63 Å². The second-order valence-corrected chi connectivity index (χ2v) is 9.85. The third kappa shape index (κ3) is 5.03. The molecule has 0 saturated carbocycles. The number of aliphatic hydroxyl groups is 7. The highest BCUT2D eigenvalue weighted by atomic mass is 16.7. The van der Waals surface area contributed by atoms with E-state index in [2.05, 4.69) is 0 Å². The van der Waals surface area contributed by atoms with E-state index in [0.717, 1.165) is 0 Å². The first-order valence-corrected chi connectivity index (χ1v) is 12.5. The van der Waals surface area contributed by atoms with Gasteiger partial charge < -0.3 is 64.2 Å². The molecule has 0 amide bonds. The van der Waals surface area contributed by atoms with Crippen molar-refractivity contribution in [3.63, 3.8) is 0 Å². The Morgan fingerprint density at radius 1 is 0.800 bits per heavy atom. The number of ether oxygens (including phenoxy) is 4. The molecular weight excluding hydrogens is 536 g/mol. The van der Waals surface area contributed by atoms with Gasteiger partial charge in [0, 0.05) is 0 Å². The lowest BCUT2D eigenvalue weighted by Crippen LogP contribution is -2.62. The van der Waals surface area contributed by atoms with Crippen LogP contribution in [0.15, 0.2) is 39.5 Å². The summed E-state index contributed by atoms with van der Waals surface area (Å²) in [6.45, 7) is 0.378. The molecule has 3 aromatic rings. The van der Waals surface area contributed by atoms with E-state index in [9.17, 15) is 45.6 Å². The minimum atomic E-state index is -1.78. The van der Waals surface area contributed by atoms with Gasteiger partial charge in [0.05, 0.1) is 18.6 Å². The van der Waals surface area contributed by atoms with Crippen LogP contribution in [0, 0.1) is 6.92 Å². The summed E-state index contributed by atoms with van der Waals surface area (Å²) in [4.78, 5) is 12.5. The summed E-state index contributed by atoms with van der Waals surface area (Å²) in [7, 11) is 0. The summed E-state index contributed by atoms with van der Waals surface area (Å²) in [6, 6.07) is 7.95. The normalized spacial score (nSPS) is 34.8. The molecule has 2 aliphatic rings. The van der Waals surface area contributed by atoms with Gasteiger partial charge in [-0.3, -0.25) is 0 Å². The first kappa shape index (κ1) is 28.6. The van der Waals surface area contributed by atoms with Crippen molar-refractivity contribution < 1.29 is 64.2 Å². The standard InChI is InChI=1S/C26H30O14/c1-9-5-11-6-10-3-2-4-12(15(10)19(30)16(11)24(35)37-9)38-26-23(34)21(32)18(29)14(40-26)8-36-25-22(33)20(31)17(28)13(7-27)39-25/h2-6,13-14,17-18,20-23,25-34H,7-8H2,1H3. The van der Waals surface area contributed by atoms with E-state index < -0.39 is 86.0 Å². The molecule has 0 aliphatic carbocycles. The number of phenolic OH excluding ortho intramolecular Hbond substituents is 1. The molecule has 0 spiro atoms. The second kappa shape index (κ2) is 11.2. The number of hydrogen-bond acceptors (Lipinski definition) is 14. The summed E-state index contributed by atoms with van der Waals surface area (Å²) >= 11 is 0. The zero-order chi connectivity index (χ0) is 28.9. The van der Waals surface area contributed by atoms with Crippen LogP contribution in [0.25, 0.3) is 21.5 Å². The third-order valence-electron chi connectivity index (χ3n) is 7.13. The lowest BCUT2D eigenvalue weighted by atomic mass is 9.98. The highest BCUT2D eigenvalue weighted by molar-refractivity contribution is 6.07. The van der Waals surface area contributed by atoms with Crippen LogP contribution in [-0.4, -0.2) is 115 Å². The lowest BCUT2D eigenvalue weighted by Gasteiger charge is -2.42. The summed E-state index contributed by atoms with van der Waals surface area (Å²) < 4.78 is 27.3. The van der Waals surface area contributed by atoms with E-state index >= 15 is 0 Å². The van der Waals surface area contributed by atoms with Gasteiger partial charge in [-0.1, -0.05) is 12.1 Å². The van der Waals surface area contributed by atoms with Crippen molar-refractivity contribution in [2.24, 2.45) is 0 Å². The number of phenols is 1. The maximum atomic E-state index is 12.5. The van der Waals surface area contributed by atoms with E-state index in [1.807, 2.05) is 0 Å². The zero-order valence-corrected chi connectivity index (χ0v) is 21.1. The maximum Gasteiger partial charge on any atom is 0.347 e. The minimum absolute atomic E-state index is 0.0156. The van der Waals surface area contributed by atoms with E-state index in [1.165, 1.54) is 6.07 Å². The Morgan fingerprint density at radius 2 is 1.45 bits per heavy atom. The van der Waals surface area contributed by atoms with Crippen LogP contribution in [-0.2, 0) is 14.2 Å². The monoisotopic (exact) mass is 566 g/mol. The molecule has 8 N–H and O–H groups in total. The third-order valence-corrected chi connectivity index (χ3v) is 7.13. The van der Waals surface area contributed by atoms with Gasteiger partial charge in [-0.15, -0.1) is 0 Å². The fraction of sp³-hybridized carbons (Fsp3) is 0.500. The Kier molecular flexibility index (Phi) is 8.00. The largest absolute Gasteiger partial charge is 0.506 e. The number of aryl methyl sites for hydroxylation is 1. The molecule has 10 unspecified atom stereocenters. The quantitative estimate of drug-likeness (QED) is 0.150. The molecule has 3 heterocycles. The molecule has 2 aliphatic heterocycles. The van der Waals surface area contributed by atoms with Gasteiger partial charge in [-0.25, -0.2) is 4.79 Å². The van der Waals surface area contributed by atoms with Gasteiger partial charge in [-0.05, 0) is 35.9 Å². The van der Waals surface area contributed by atoms with Gasteiger partial charge in [0.15, 0.2) is 6.29 Å². The molecule has 5 rings (SSSR count). The average Bonchev–Trinajstić information content (AvgIpc) is 2.91. The highest BCUT2D eigenvalue weighted by Crippen LogP contribution is 2.39. The van der Waals surface area contributed by atoms with Crippen molar-refractivity contribution in [3.8, 4) is 11.5 Å². The van der Waals surface area contributed by atoms with Crippen molar-refractivity contribution in [3.05, 3.63) is 46.5 Å². The summed E-state index contributed by atoms with van der Waals surface area (Å²) in [5, 5.41) is 82.9. The Morgan fingerprint density at radius 3 is 2.15 bits per heavy atom. The average molecular weight is 567 g/mol. The summed E-state index contributed by atoms with van der Waals surface area (Å²) in [5.74, 6) is -0.0877. The number of fused-ring (bicyclic) bond motifs is 2. The van der Waals surface area contributed by atoms with E-state index in [-0.39, 0.29) is 16.5 Å². The Balaban J connectivity index is 1.39. The van der Waals surface area contributed by atoms with E-state index in [4.69, 9.17) is 23.4 Å². The van der Waals surface area contributed by atoms with Gasteiger partial charge in [0.25, 0.3) is 0 Å².